The molecular weight excluding hydrogens is 329 g/mol. The molecule has 1 N–H and O–H groups in total. The van der Waals surface area contributed by atoms with E-state index in [2.05, 4.69) is 37.5 Å². The van der Waals surface area contributed by atoms with Crippen molar-refractivity contribution >= 4 is 5.91 Å². The molecule has 0 spiro atoms. The number of carbonyl (C=O) groups is 1. The van der Waals surface area contributed by atoms with Crippen LogP contribution in [0, 0.1) is 19.7 Å². The van der Waals surface area contributed by atoms with Crippen LogP contribution in [0.4, 0.5) is 4.39 Å². The van der Waals surface area contributed by atoms with Crippen molar-refractivity contribution in [1.29, 1.82) is 0 Å². The number of nitrogens with one attached hydrogen (secondary N) is 1. The van der Waals surface area contributed by atoms with Crippen LogP contribution in [0.2, 0.25) is 0 Å². The molecule has 2 aliphatic heterocycles. The Bertz CT molecular complexity index is 879. The quantitative estimate of drug-likeness (QED) is 0.918. The molecule has 1 fully saturated rings. The topological polar surface area (TPSA) is 35.6 Å². The third-order valence-electron chi connectivity index (χ3n) is 5.31. The summed E-state index contributed by atoms with van der Waals surface area (Å²) in [6, 6.07) is 12.8. The molecule has 1 amide bonds. The van der Waals surface area contributed by atoms with Gasteiger partial charge in [-0.05, 0) is 43.0 Å². The molecule has 2 heterocycles. The number of fused-ring (bicyclic) bond motifs is 1. The molecule has 5 heteroatoms. The number of hydrogen-bond acceptors (Lipinski definition) is 3. The normalized spacial score (nSPS) is 22.0. The molecule has 0 radical (unpaired) electrons. The highest BCUT2D eigenvalue weighted by atomic mass is 19.1. The van der Waals surface area contributed by atoms with Gasteiger partial charge in [0.2, 0.25) is 0 Å². The second-order valence-corrected chi connectivity index (χ2v) is 7.04. The van der Waals surface area contributed by atoms with Crippen molar-refractivity contribution in [3.05, 3.63) is 82.9 Å². The summed E-state index contributed by atoms with van der Waals surface area (Å²) in [7, 11) is 0. The Labute approximate surface area is 152 Å². The maximum atomic E-state index is 13.9. The van der Waals surface area contributed by atoms with Crippen LogP contribution in [0.25, 0.3) is 0 Å². The average molecular weight is 351 g/mol. The second-order valence-electron chi connectivity index (χ2n) is 7.04. The summed E-state index contributed by atoms with van der Waals surface area (Å²) in [6.45, 7) is 4.44. The third kappa shape index (κ3) is 2.99. The highest BCUT2D eigenvalue weighted by Crippen LogP contribution is 2.32. The summed E-state index contributed by atoms with van der Waals surface area (Å²) in [5, 5.41) is 1.88. The van der Waals surface area contributed by atoms with Crippen molar-refractivity contribution in [2.75, 3.05) is 0 Å². The van der Waals surface area contributed by atoms with Gasteiger partial charge in [0.05, 0.1) is 12.6 Å². The smallest absolute Gasteiger partial charge is 0.251 e. The molecule has 4 rings (SSSR count). The first kappa shape index (κ1) is 16.8. The Kier molecular flexibility index (Phi) is 4.24. The number of nitrogens with zero attached hydrogens (tertiary/aromatic N) is 2. The Morgan fingerprint density at radius 1 is 1.12 bits per heavy atom. The summed E-state index contributed by atoms with van der Waals surface area (Å²) in [5.74, 6) is -0.289. The fraction of sp³-hybridized carbons (Fsp3) is 0.286. The number of halogens is 1. The lowest BCUT2D eigenvalue weighted by atomic mass is 9.97. The van der Waals surface area contributed by atoms with Crippen molar-refractivity contribution in [3.8, 4) is 0 Å². The second kappa shape index (κ2) is 6.57. The van der Waals surface area contributed by atoms with Gasteiger partial charge < -0.3 is 9.91 Å². The fourth-order valence-corrected chi connectivity index (χ4v) is 3.58. The maximum absolute atomic E-state index is 13.9. The molecule has 0 aromatic heterocycles. The molecule has 2 aromatic rings. The van der Waals surface area contributed by atoms with Crippen LogP contribution < -0.4 is 5.43 Å². The van der Waals surface area contributed by atoms with Crippen LogP contribution >= 0.6 is 0 Å². The summed E-state index contributed by atoms with van der Waals surface area (Å²) in [6.07, 6.45) is 4.29. The Morgan fingerprint density at radius 3 is 2.69 bits per heavy atom. The lowest BCUT2D eigenvalue weighted by Crippen LogP contribution is -2.47. The zero-order valence-corrected chi connectivity index (χ0v) is 14.9. The molecule has 0 aliphatic carbocycles. The molecule has 1 saturated heterocycles. The zero-order chi connectivity index (χ0) is 18.3. The van der Waals surface area contributed by atoms with E-state index < -0.39 is 0 Å². The van der Waals surface area contributed by atoms with E-state index >= 15 is 0 Å². The van der Waals surface area contributed by atoms with Crippen LogP contribution in [-0.4, -0.2) is 21.9 Å². The average Bonchev–Trinajstić information content (AvgIpc) is 3.07. The summed E-state index contributed by atoms with van der Waals surface area (Å²) < 4.78 is 13.9. The predicted molar refractivity (Wildman–Crippen MR) is 98.1 cm³/mol. The van der Waals surface area contributed by atoms with Crippen molar-refractivity contribution in [2.24, 2.45) is 0 Å². The number of amides is 1. The summed E-state index contributed by atoms with van der Waals surface area (Å²) in [5.41, 5.74) is 7.62. The van der Waals surface area contributed by atoms with E-state index in [1.165, 1.54) is 22.8 Å². The first-order valence-corrected chi connectivity index (χ1v) is 8.87. The molecule has 2 aliphatic rings. The van der Waals surface area contributed by atoms with Gasteiger partial charge in [0.1, 0.15) is 11.9 Å². The number of rotatable bonds is 3. The largest absolute Gasteiger partial charge is 0.311 e. The predicted octanol–water partition coefficient (Wildman–Crippen LogP) is 3.58. The minimum Gasteiger partial charge on any atom is -0.311 e. The van der Waals surface area contributed by atoms with E-state index in [4.69, 9.17) is 0 Å². The van der Waals surface area contributed by atoms with Crippen molar-refractivity contribution in [3.63, 3.8) is 0 Å². The number of carbonyl (C=O) groups excluding carboxylic acids is 1. The van der Waals surface area contributed by atoms with Gasteiger partial charge in [-0.2, -0.15) is 0 Å². The number of benzene rings is 2. The molecular formula is C21H22FN3O. The molecule has 0 saturated carbocycles. The van der Waals surface area contributed by atoms with Crippen LogP contribution in [-0.2, 0) is 11.3 Å². The van der Waals surface area contributed by atoms with E-state index in [1.54, 1.807) is 29.3 Å². The van der Waals surface area contributed by atoms with Gasteiger partial charge in [-0.1, -0.05) is 36.4 Å². The maximum Gasteiger partial charge on any atom is 0.251 e. The van der Waals surface area contributed by atoms with Gasteiger partial charge in [0.15, 0.2) is 0 Å². The van der Waals surface area contributed by atoms with Crippen molar-refractivity contribution in [1.82, 2.24) is 15.3 Å². The summed E-state index contributed by atoms with van der Waals surface area (Å²) >= 11 is 0. The van der Waals surface area contributed by atoms with Gasteiger partial charge in [-0.3, -0.25) is 4.79 Å². The third-order valence-corrected chi connectivity index (χ3v) is 5.31. The summed E-state index contributed by atoms with van der Waals surface area (Å²) in [4.78, 5) is 14.5. The van der Waals surface area contributed by atoms with E-state index in [9.17, 15) is 9.18 Å². The van der Waals surface area contributed by atoms with Crippen LogP contribution in [0.3, 0.4) is 0 Å². The molecule has 134 valence electrons. The minimum atomic E-state index is -0.284. The van der Waals surface area contributed by atoms with Gasteiger partial charge in [-0.15, -0.1) is 0 Å². The molecule has 2 unspecified atom stereocenters. The molecule has 4 nitrogen and oxygen atoms in total. The minimum absolute atomic E-state index is 0.00501. The van der Waals surface area contributed by atoms with E-state index in [0.717, 1.165) is 0 Å². The monoisotopic (exact) mass is 351 g/mol. The van der Waals surface area contributed by atoms with Crippen molar-refractivity contribution < 1.29 is 9.18 Å². The zero-order valence-electron chi connectivity index (χ0n) is 14.9. The highest BCUT2D eigenvalue weighted by molar-refractivity contribution is 5.84. The first-order chi connectivity index (χ1) is 12.5. The Morgan fingerprint density at radius 2 is 1.92 bits per heavy atom. The van der Waals surface area contributed by atoms with Gasteiger partial charge in [-0.25, -0.2) is 9.82 Å². The lowest BCUT2D eigenvalue weighted by Gasteiger charge is -2.31. The van der Waals surface area contributed by atoms with Gasteiger partial charge in [0.25, 0.3) is 5.91 Å². The lowest BCUT2D eigenvalue weighted by molar-refractivity contribution is -0.135. The number of hydrazine groups is 1. The SMILES string of the molecule is Cc1ccc(C2CC3C(=O)N(Cc4ccccc4F)C=CN3N2)cc1C. The van der Waals surface area contributed by atoms with Crippen LogP contribution in [0.1, 0.15) is 34.7 Å². The molecule has 2 atom stereocenters. The molecule has 0 bridgehead atoms. The Hall–Kier alpha value is -2.66. The number of aryl methyl sites for hydroxylation is 2. The van der Waals surface area contributed by atoms with E-state index in [0.29, 0.717) is 12.0 Å². The first-order valence-electron chi connectivity index (χ1n) is 8.87. The molecule has 2 aromatic carbocycles. The van der Waals surface area contributed by atoms with E-state index in [1.807, 2.05) is 11.2 Å². The number of hydrogen-bond donors (Lipinski definition) is 1. The van der Waals surface area contributed by atoms with Crippen molar-refractivity contribution in [2.45, 2.75) is 38.9 Å². The van der Waals surface area contributed by atoms with E-state index in [-0.39, 0.29) is 30.4 Å². The van der Waals surface area contributed by atoms with Crippen LogP contribution in [0.5, 0.6) is 0 Å². The van der Waals surface area contributed by atoms with Gasteiger partial charge >= 0.3 is 0 Å². The Balaban J connectivity index is 1.51. The fourth-order valence-electron chi connectivity index (χ4n) is 3.58. The standard InChI is InChI=1S/C21H22FN3O/c1-14-7-8-16(11-15(14)2)19-12-20-21(26)24(9-10-25(20)23-19)13-17-5-3-4-6-18(17)22/h3-11,19-20,23H,12-13H2,1-2H3. The van der Waals surface area contributed by atoms with Gasteiger partial charge in [0, 0.05) is 18.0 Å². The highest BCUT2D eigenvalue weighted by Gasteiger charge is 2.40. The molecule has 26 heavy (non-hydrogen) atoms. The van der Waals surface area contributed by atoms with Crippen LogP contribution in [0.15, 0.2) is 54.9 Å².